The minimum absolute atomic E-state index is 0.243. The second kappa shape index (κ2) is 24.3. The highest BCUT2D eigenvalue weighted by atomic mass is 16.5. The third-order valence-corrected chi connectivity index (χ3v) is 7.20. The zero-order valence-corrected chi connectivity index (χ0v) is 24.4. The number of aldehydes is 1. The number of nitrogens with one attached hydrogen (secondary N) is 1. The number of hydrogen-bond donors (Lipinski definition) is 2. The molecule has 0 amide bonds. The summed E-state index contributed by atoms with van der Waals surface area (Å²) in [5.41, 5.74) is 2.56. The van der Waals surface area contributed by atoms with Crippen molar-refractivity contribution in [3.8, 4) is 0 Å². The van der Waals surface area contributed by atoms with Crippen LogP contribution in [0.4, 0.5) is 0 Å². The third kappa shape index (κ3) is 17.6. The molecule has 1 aliphatic carbocycles. The van der Waals surface area contributed by atoms with E-state index in [0.29, 0.717) is 18.3 Å². The standard InChI is InChI=1S/C28H49NO2.C2H6.CH4O/c1-22-12-10-16-27(31-6)15-9-7-8-13-23(2)28(24(3)20-22)17-11-14-26(18-19-30)21-25(4)29-5;2*1-2/h9,12,15,19,23-24,26-29H,4,7-8,10-11,13-14,16-18,20-21H2,1-3,5-6H3;1-2H3;2H,1H3/b15-9+,22-12-;;. The Labute approximate surface area is 218 Å². The molecule has 0 fully saturated rings. The lowest BCUT2D eigenvalue weighted by Crippen LogP contribution is -2.21. The first-order chi connectivity index (χ1) is 16.9. The molecule has 0 heterocycles. The quantitative estimate of drug-likeness (QED) is 0.240. The highest BCUT2D eigenvalue weighted by Gasteiger charge is 2.24. The van der Waals surface area contributed by atoms with E-state index in [4.69, 9.17) is 9.84 Å². The van der Waals surface area contributed by atoms with Gasteiger partial charge in [0.25, 0.3) is 0 Å². The number of allylic oxidation sites excluding steroid dienone is 4. The molecule has 0 saturated heterocycles. The highest BCUT2D eigenvalue weighted by molar-refractivity contribution is 5.49. The van der Waals surface area contributed by atoms with Gasteiger partial charge in [0.15, 0.2) is 0 Å². The van der Waals surface area contributed by atoms with Crippen molar-refractivity contribution in [2.75, 3.05) is 21.3 Å². The second-order valence-corrected chi connectivity index (χ2v) is 9.84. The van der Waals surface area contributed by atoms with Gasteiger partial charge in [-0.3, -0.25) is 0 Å². The van der Waals surface area contributed by atoms with Crippen LogP contribution in [0.25, 0.3) is 0 Å². The molecule has 4 heteroatoms. The molecule has 0 bridgehead atoms. The van der Waals surface area contributed by atoms with Crippen molar-refractivity contribution < 1.29 is 14.6 Å². The fourth-order valence-corrected chi connectivity index (χ4v) is 5.21. The molecule has 0 spiro atoms. The average Bonchev–Trinajstić information content (AvgIpc) is 2.86. The average molecular weight is 494 g/mol. The van der Waals surface area contributed by atoms with Gasteiger partial charge in [0, 0.05) is 33.4 Å². The highest BCUT2D eigenvalue weighted by Crippen LogP contribution is 2.35. The summed E-state index contributed by atoms with van der Waals surface area (Å²) in [6.07, 6.45) is 20.5. The number of carbonyl (C=O) groups is 1. The Morgan fingerprint density at radius 3 is 2.51 bits per heavy atom. The first-order valence-electron chi connectivity index (χ1n) is 14.0. The molecule has 0 radical (unpaired) electrons. The van der Waals surface area contributed by atoms with Crippen LogP contribution in [0.1, 0.15) is 105 Å². The van der Waals surface area contributed by atoms with Gasteiger partial charge in [-0.2, -0.15) is 0 Å². The summed E-state index contributed by atoms with van der Waals surface area (Å²) in [6, 6.07) is 0. The normalized spacial score (nSPS) is 26.7. The van der Waals surface area contributed by atoms with Gasteiger partial charge >= 0.3 is 0 Å². The van der Waals surface area contributed by atoms with Crippen LogP contribution in [0.5, 0.6) is 0 Å². The molecule has 1 aliphatic rings. The predicted molar refractivity (Wildman–Crippen MR) is 154 cm³/mol. The van der Waals surface area contributed by atoms with E-state index in [0.717, 1.165) is 63.0 Å². The van der Waals surface area contributed by atoms with Gasteiger partial charge < -0.3 is 20.0 Å². The Morgan fingerprint density at radius 1 is 1.23 bits per heavy atom. The number of aliphatic hydroxyl groups is 1. The molecule has 0 saturated carbocycles. The molecular weight excluding hydrogens is 434 g/mol. The van der Waals surface area contributed by atoms with Crippen molar-refractivity contribution in [2.45, 2.75) is 111 Å². The van der Waals surface area contributed by atoms with Crippen molar-refractivity contribution in [3.05, 3.63) is 36.1 Å². The maximum absolute atomic E-state index is 11.1. The predicted octanol–water partition coefficient (Wildman–Crippen LogP) is 7.88. The van der Waals surface area contributed by atoms with E-state index in [1.165, 1.54) is 37.7 Å². The Hall–Kier alpha value is -1.39. The van der Waals surface area contributed by atoms with Gasteiger partial charge in [-0.1, -0.05) is 70.9 Å². The number of hydrogen-bond acceptors (Lipinski definition) is 4. The number of ether oxygens (including phenoxy) is 1. The Balaban J connectivity index is 0. The molecule has 2 N–H and O–H groups in total. The van der Waals surface area contributed by atoms with Crippen LogP contribution in [-0.4, -0.2) is 38.8 Å². The Morgan fingerprint density at radius 2 is 1.91 bits per heavy atom. The van der Waals surface area contributed by atoms with Crippen molar-refractivity contribution in [1.29, 1.82) is 0 Å². The minimum atomic E-state index is 0.243. The molecule has 0 aliphatic heterocycles. The monoisotopic (exact) mass is 493 g/mol. The van der Waals surface area contributed by atoms with Crippen molar-refractivity contribution in [1.82, 2.24) is 5.32 Å². The summed E-state index contributed by atoms with van der Waals surface area (Å²) in [6.45, 7) is 15.3. The lowest BCUT2D eigenvalue weighted by molar-refractivity contribution is -0.108. The van der Waals surface area contributed by atoms with E-state index in [1.54, 1.807) is 0 Å². The van der Waals surface area contributed by atoms with Gasteiger partial charge in [0.05, 0.1) is 6.10 Å². The zero-order chi connectivity index (χ0) is 27.1. The first kappa shape index (κ1) is 35.8. The Bertz CT molecular complexity index is 570. The first-order valence-corrected chi connectivity index (χ1v) is 14.0. The van der Waals surface area contributed by atoms with E-state index in [-0.39, 0.29) is 6.10 Å². The van der Waals surface area contributed by atoms with Gasteiger partial charge in [0.1, 0.15) is 6.29 Å². The van der Waals surface area contributed by atoms with E-state index in [1.807, 2.05) is 28.0 Å². The SMILES string of the molecule is C=C(CC(CC=O)CCCC1C(C)CCC/C=C/C(OC)CC/C=C(/C)CC1C)NC.CC.CO. The van der Waals surface area contributed by atoms with Crippen molar-refractivity contribution >= 4 is 6.29 Å². The lowest BCUT2D eigenvalue weighted by atomic mass is 9.75. The number of methoxy groups -OCH3 is 1. The van der Waals surface area contributed by atoms with Crippen LogP contribution in [0.3, 0.4) is 0 Å². The summed E-state index contributed by atoms with van der Waals surface area (Å²) in [4.78, 5) is 11.1. The molecule has 0 aromatic rings. The molecule has 5 atom stereocenters. The summed E-state index contributed by atoms with van der Waals surface area (Å²) in [5, 5.41) is 10.1. The number of aliphatic hydroxyl groups excluding tert-OH is 1. The lowest BCUT2D eigenvalue weighted by Gasteiger charge is -2.31. The second-order valence-electron chi connectivity index (χ2n) is 9.84. The van der Waals surface area contributed by atoms with Crippen LogP contribution < -0.4 is 5.32 Å². The van der Waals surface area contributed by atoms with E-state index < -0.39 is 0 Å². The number of rotatable bonds is 10. The third-order valence-electron chi connectivity index (χ3n) is 7.20. The van der Waals surface area contributed by atoms with Crippen molar-refractivity contribution in [3.63, 3.8) is 0 Å². The maximum Gasteiger partial charge on any atom is 0.120 e. The summed E-state index contributed by atoms with van der Waals surface area (Å²) < 4.78 is 5.61. The molecule has 5 unspecified atom stereocenters. The fraction of sp³-hybridized carbons (Fsp3) is 0.774. The zero-order valence-electron chi connectivity index (χ0n) is 24.4. The molecule has 0 aromatic carbocycles. The molecule has 4 nitrogen and oxygen atoms in total. The van der Waals surface area contributed by atoms with Crippen LogP contribution in [0, 0.1) is 23.7 Å². The van der Waals surface area contributed by atoms with Crippen LogP contribution in [-0.2, 0) is 9.53 Å². The summed E-state index contributed by atoms with van der Waals surface area (Å²) in [7, 11) is 4.73. The summed E-state index contributed by atoms with van der Waals surface area (Å²) >= 11 is 0. The van der Waals surface area contributed by atoms with E-state index >= 15 is 0 Å². The Kier molecular flexibility index (Phi) is 24.8. The van der Waals surface area contributed by atoms with Crippen LogP contribution in [0.2, 0.25) is 0 Å². The van der Waals surface area contributed by atoms with E-state index in [9.17, 15) is 4.79 Å². The fourth-order valence-electron chi connectivity index (χ4n) is 5.21. The van der Waals surface area contributed by atoms with Gasteiger partial charge in [0.2, 0.25) is 0 Å². The topological polar surface area (TPSA) is 58.6 Å². The molecule has 35 heavy (non-hydrogen) atoms. The van der Waals surface area contributed by atoms with Gasteiger partial charge in [-0.15, -0.1) is 0 Å². The smallest absolute Gasteiger partial charge is 0.120 e. The minimum Gasteiger partial charge on any atom is -0.400 e. The molecule has 1 rings (SSSR count). The van der Waals surface area contributed by atoms with Crippen LogP contribution in [0.15, 0.2) is 36.1 Å². The number of carbonyl (C=O) groups excluding carboxylic acids is 1. The van der Waals surface area contributed by atoms with Crippen molar-refractivity contribution in [2.24, 2.45) is 23.7 Å². The molecule has 0 aromatic heterocycles. The molecule has 206 valence electrons. The summed E-state index contributed by atoms with van der Waals surface area (Å²) in [5.74, 6) is 2.59. The van der Waals surface area contributed by atoms with Gasteiger partial charge in [-0.25, -0.2) is 0 Å². The van der Waals surface area contributed by atoms with Crippen LogP contribution >= 0.6 is 0 Å². The largest absolute Gasteiger partial charge is 0.400 e. The maximum atomic E-state index is 11.1. The molecular formula is C31H59NO3. The van der Waals surface area contributed by atoms with E-state index in [2.05, 4.69) is 50.9 Å². The van der Waals surface area contributed by atoms with Gasteiger partial charge in [-0.05, 0) is 82.0 Å².